The number of fused-ring (bicyclic) bond motifs is 3. The summed E-state index contributed by atoms with van der Waals surface area (Å²) in [6, 6.07) is 15.0. The Labute approximate surface area is 167 Å². The van der Waals surface area contributed by atoms with E-state index >= 15 is 0 Å². The van der Waals surface area contributed by atoms with Crippen LogP contribution in [0.2, 0.25) is 0 Å². The lowest BCUT2D eigenvalue weighted by Crippen LogP contribution is -2.54. The minimum atomic E-state index is -5.66. The Balaban J connectivity index is 1.46. The van der Waals surface area contributed by atoms with Crippen molar-refractivity contribution < 1.29 is 25.8 Å². The maximum Gasteiger partial charge on any atom is 0.534 e. The van der Waals surface area contributed by atoms with Crippen LogP contribution in [0, 0.1) is 0 Å². The summed E-state index contributed by atoms with van der Waals surface area (Å²) < 4.78 is 64.4. The van der Waals surface area contributed by atoms with E-state index in [2.05, 4.69) is 26.1 Å². The summed E-state index contributed by atoms with van der Waals surface area (Å²) in [4.78, 5) is 4.68. The fourth-order valence-electron chi connectivity index (χ4n) is 4.06. The second-order valence-corrected chi connectivity index (χ2v) is 8.92. The van der Waals surface area contributed by atoms with E-state index in [0.717, 1.165) is 43.9 Å². The van der Waals surface area contributed by atoms with Crippen molar-refractivity contribution in [2.45, 2.75) is 30.9 Å². The minimum Gasteiger partial charge on any atom is -0.376 e. The van der Waals surface area contributed by atoms with Gasteiger partial charge >= 0.3 is 15.6 Å². The van der Waals surface area contributed by atoms with Crippen LogP contribution < -0.4 is 9.08 Å². The lowest BCUT2D eigenvalue weighted by molar-refractivity contribution is -0.0500. The predicted molar refractivity (Wildman–Crippen MR) is 103 cm³/mol. The van der Waals surface area contributed by atoms with Gasteiger partial charge in [-0.2, -0.15) is 21.6 Å². The Bertz CT molecular complexity index is 980. The highest BCUT2D eigenvalue weighted by molar-refractivity contribution is 7.88. The smallest absolute Gasteiger partial charge is 0.376 e. The van der Waals surface area contributed by atoms with E-state index in [-0.39, 0.29) is 5.75 Å². The van der Waals surface area contributed by atoms with E-state index in [1.54, 1.807) is 6.07 Å². The van der Waals surface area contributed by atoms with Crippen molar-refractivity contribution in [1.29, 1.82) is 0 Å². The predicted octanol–water partition coefficient (Wildman–Crippen LogP) is 3.55. The van der Waals surface area contributed by atoms with Gasteiger partial charge in [0.1, 0.15) is 5.75 Å². The monoisotopic (exact) mass is 426 g/mol. The number of anilines is 1. The van der Waals surface area contributed by atoms with Gasteiger partial charge in [-0.15, -0.1) is 0 Å². The topological polar surface area (TPSA) is 49.9 Å². The maximum atomic E-state index is 12.5. The van der Waals surface area contributed by atoms with Gasteiger partial charge in [0.2, 0.25) is 0 Å². The van der Waals surface area contributed by atoms with Crippen LogP contribution in [0.25, 0.3) is 0 Å². The van der Waals surface area contributed by atoms with Gasteiger partial charge in [-0.3, -0.25) is 4.90 Å². The number of rotatable bonds is 4. The first-order chi connectivity index (χ1) is 13.7. The second-order valence-electron chi connectivity index (χ2n) is 7.38. The summed E-state index contributed by atoms with van der Waals surface area (Å²) in [5.74, 6) is -0.303. The molecule has 2 aliphatic rings. The van der Waals surface area contributed by atoms with Crippen LogP contribution in [0.4, 0.5) is 18.9 Å². The van der Waals surface area contributed by atoms with Gasteiger partial charge in [-0.25, -0.2) is 0 Å². The van der Waals surface area contributed by atoms with E-state index < -0.39 is 15.6 Å². The number of piperazine rings is 1. The molecule has 156 valence electrons. The van der Waals surface area contributed by atoms with Gasteiger partial charge in [0.05, 0.1) is 0 Å². The van der Waals surface area contributed by atoms with Crippen molar-refractivity contribution in [3.63, 3.8) is 0 Å². The molecule has 0 aromatic heterocycles. The Hall–Kier alpha value is -2.26. The summed E-state index contributed by atoms with van der Waals surface area (Å²) in [5.41, 5.74) is -2.42. The lowest BCUT2D eigenvalue weighted by atomic mass is 9.93. The van der Waals surface area contributed by atoms with Gasteiger partial charge in [-0.05, 0) is 42.2 Å². The lowest BCUT2D eigenvalue weighted by Gasteiger charge is -2.46. The van der Waals surface area contributed by atoms with E-state index in [4.69, 9.17) is 0 Å². The molecule has 2 aromatic carbocycles. The molecule has 29 heavy (non-hydrogen) atoms. The van der Waals surface area contributed by atoms with Gasteiger partial charge < -0.3 is 9.08 Å². The summed E-state index contributed by atoms with van der Waals surface area (Å²) >= 11 is 0. The molecule has 5 nitrogen and oxygen atoms in total. The molecule has 2 aliphatic heterocycles. The molecule has 0 aliphatic carbocycles. The highest BCUT2D eigenvalue weighted by atomic mass is 32.2. The van der Waals surface area contributed by atoms with Crippen molar-refractivity contribution in [2.24, 2.45) is 0 Å². The van der Waals surface area contributed by atoms with Crippen molar-refractivity contribution in [2.75, 3.05) is 24.5 Å². The summed E-state index contributed by atoms with van der Waals surface area (Å²) in [6.45, 7) is 3.49. The average Bonchev–Trinajstić information content (AvgIpc) is 2.67. The average molecular weight is 426 g/mol. The molecule has 1 saturated heterocycles. The van der Waals surface area contributed by atoms with Crippen LogP contribution in [0.15, 0.2) is 48.5 Å². The zero-order chi connectivity index (χ0) is 20.6. The molecule has 9 heteroatoms. The highest BCUT2D eigenvalue weighted by Gasteiger charge is 2.48. The first-order valence-corrected chi connectivity index (χ1v) is 10.8. The van der Waals surface area contributed by atoms with Crippen molar-refractivity contribution >= 4 is 15.8 Å². The molecule has 0 bridgehead atoms. The standard InChI is InChI=1S/C20H21F3N2O3S/c21-20(22,23)29(26,27)28-18-8-9-19-16(12-18)6-7-17-14-24(10-11-25(17)19)13-15-4-2-1-3-5-15/h1-5,8-9,12,17H,6-7,10-11,13-14H2. The van der Waals surface area contributed by atoms with Crippen LogP contribution in [-0.4, -0.2) is 44.5 Å². The van der Waals surface area contributed by atoms with Gasteiger partial charge in [-0.1, -0.05) is 30.3 Å². The Morgan fingerprint density at radius 1 is 1.07 bits per heavy atom. The van der Waals surface area contributed by atoms with Crippen molar-refractivity contribution in [3.05, 3.63) is 59.7 Å². The summed E-state index contributed by atoms with van der Waals surface area (Å²) in [5, 5.41) is 0. The third kappa shape index (κ3) is 4.20. The van der Waals surface area contributed by atoms with Crippen LogP contribution in [-0.2, 0) is 23.1 Å². The van der Waals surface area contributed by atoms with Crippen LogP contribution in [0.5, 0.6) is 5.75 Å². The molecule has 0 radical (unpaired) electrons. The van der Waals surface area contributed by atoms with Gasteiger partial charge in [0.15, 0.2) is 0 Å². The number of halogens is 3. The zero-order valence-corrected chi connectivity index (χ0v) is 16.4. The highest BCUT2D eigenvalue weighted by Crippen LogP contribution is 2.36. The molecule has 0 saturated carbocycles. The Morgan fingerprint density at radius 3 is 2.55 bits per heavy atom. The van der Waals surface area contributed by atoms with Gasteiger partial charge in [0.25, 0.3) is 0 Å². The van der Waals surface area contributed by atoms with Gasteiger partial charge in [0, 0.05) is 37.9 Å². The normalized spacial score (nSPS) is 20.1. The third-order valence-corrected chi connectivity index (χ3v) is 6.39. The molecule has 2 aromatic rings. The summed E-state index contributed by atoms with van der Waals surface area (Å²) in [7, 11) is -5.66. The minimum absolute atomic E-state index is 0.303. The number of alkyl halides is 3. The largest absolute Gasteiger partial charge is 0.534 e. The fraction of sp³-hybridized carbons (Fsp3) is 0.400. The van der Waals surface area contributed by atoms with Crippen molar-refractivity contribution in [3.8, 4) is 5.75 Å². The Kier molecular flexibility index (Phi) is 5.20. The first kappa shape index (κ1) is 20.0. The number of hydrogen-bond acceptors (Lipinski definition) is 5. The van der Waals surface area contributed by atoms with E-state index in [1.807, 2.05) is 18.2 Å². The van der Waals surface area contributed by atoms with Crippen molar-refractivity contribution in [1.82, 2.24) is 4.90 Å². The van der Waals surface area contributed by atoms with E-state index in [0.29, 0.717) is 12.5 Å². The number of benzene rings is 2. The molecule has 2 heterocycles. The molecule has 1 atom stereocenters. The molecule has 1 unspecified atom stereocenters. The summed E-state index contributed by atoms with van der Waals surface area (Å²) in [6.07, 6.45) is 1.52. The first-order valence-electron chi connectivity index (χ1n) is 9.39. The zero-order valence-electron chi connectivity index (χ0n) is 15.6. The van der Waals surface area contributed by atoms with Crippen LogP contribution in [0.3, 0.4) is 0 Å². The Morgan fingerprint density at radius 2 is 1.83 bits per heavy atom. The fourth-order valence-corrected chi connectivity index (χ4v) is 4.51. The molecular formula is C20H21F3N2O3S. The molecule has 1 fully saturated rings. The quantitative estimate of drug-likeness (QED) is 0.553. The van der Waals surface area contributed by atoms with Crippen LogP contribution >= 0.6 is 0 Å². The van der Waals surface area contributed by atoms with Crippen LogP contribution in [0.1, 0.15) is 17.5 Å². The molecule has 0 spiro atoms. The van der Waals surface area contributed by atoms with E-state index in [9.17, 15) is 21.6 Å². The molecule has 4 rings (SSSR count). The second kappa shape index (κ2) is 7.53. The maximum absolute atomic E-state index is 12.5. The number of nitrogens with zero attached hydrogens (tertiary/aromatic N) is 2. The molecular weight excluding hydrogens is 405 g/mol. The third-order valence-electron chi connectivity index (χ3n) is 5.41. The number of aryl methyl sites for hydroxylation is 1. The SMILES string of the molecule is O=S(=O)(Oc1ccc2c(c1)CCC1CN(Cc3ccccc3)CCN21)C(F)(F)F. The molecule has 0 amide bonds. The number of hydrogen-bond donors (Lipinski definition) is 0. The van der Waals surface area contributed by atoms with E-state index in [1.165, 1.54) is 17.7 Å². The molecule has 0 N–H and O–H groups in total.